The Bertz CT molecular complexity index is 869. The number of amides is 4. The highest BCUT2D eigenvalue weighted by Gasteiger charge is 2.31. The van der Waals surface area contributed by atoms with Gasteiger partial charge in [0.1, 0.15) is 18.1 Å². The summed E-state index contributed by atoms with van der Waals surface area (Å²) in [5.74, 6) is -4.72. The molecule has 0 aromatic heterocycles. The number of thiol groups is 1. The maximum Gasteiger partial charge on any atom is 0.326 e. The van der Waals surface area contributed by atoms with Crippen molar-refractivity contribution < 1.29 is 29.1 Å². The third kappa shape index (κ3) is 9.40. The highest BCUT2D eigenvalue weighted by Crippen LogP contribution is 2.07. The molecule has 0 radical (unpaired) electrons. The number of aliphatic carboxylic acids is 1. The fourth-order valence-electron chi connectivity index (χ4n) is 2.98. The van der Waals surface area contributed by atoms with Crippen LogP contribution in [-0.2, 0) is 30.4 Å². The molecule has 0 aliphatic rings. The zero-order chi connectivity index (χ0) is 25.8. The molecule has 1 aromatic carbocycles. The number of carboxylic acids is 1. The van der Waals surface area contributed by atoms with Crippen LogP contribution in [0, 0.1) is 5.92 Å². The van der Waals surface area contributed by atoms with Gasteiger partial charge in [0.15, 0.2) is 0 Å². The average Bonchev–Trinajstić information content (AvgIpc) is 2.80. The molecule has 11 nitrogen and oxygen atoms in total. The summed E-state index contributed by atoms with van der Waals surface area (Å²) in [5.41, 5.74) is 11.8. The van der Waals surface area contributed by atoms with Gasteiger partial charge < -0.3 is 32.5 Å². The summed E-state index contributed by atoms with van der Waals surface area (Å²) in [6.45, 7) is 3.62. The number of rotatable bonds is 14. The molecule has 4 amide bonds. The monoisotopic (exact) mass is 495 g/mol. The van der Waals surface area contributed by atoms with Crippen LogP contribution in [0.4, 0.5) is 0 Å². The molecule has 0 bridgehead atoms. The molecule has 0 spiro atoms. The summed E-state index contributed by atoms with van der Waals surface area (Å²) in [7, 11) is 0. The van der Waals surface area contributed by atoms with Crippen LogP contribution in [0.2, 0.25) is 0 Å². The fourth-order valence-corrected chi connectivity index (χ4v) is 3.24. The third-order valence-electron chi connectivity index (χ3n) is 5.31. The number of carboxylic acid groups (broad SMARTS) is 1. The Hall–Kier alpha value is -3.12. The first-order valence-corrected chi connectivity index (χ1v) is 11.5. The molecule has 5 atom stereocenters. The number of hydrogen-bond acceptors (Lipinski definition) is 7. The third-order valence-corrected chi connectivity index (χ3v) is 5.68. The number of benzene rings is 1. The van der Waals surface area contributed by atoms with Crippen molar-refractivity contribution in [1.29, 1.82) is 0 Å². The summed E-state index contributed by atoms with van der Waals surface area (Å²) in [4.78, 5) is 60.9. The van der Waals surface area contributed by atoms with Crippen LogP contribution in [0.25, 0.3) is 0 Å². The first-order chi connectivity index (χ1) is 16.0. The van der Waals surface area contributed by atoms with Crippen molar-refractivity contribution in [3.63, 3.8) is 0 Å². The van der Waals surface area contributed by atoms with Crippen LogP contribution < -0.4 is 27.4 Å². The normalized spacial score (nSPS) is 15.2. The molecule has 0 fully saturated rings. The maximum atomic E-state index is 12.8. The van der Waals surface area contributed by atoms with E-state index in [0.717, 1.165) is 0 Å². The second-order valence-electron chi connectivity index (χ2n) is 7.98. The number of carbonyl (C=O) groups is 5. The zero-order valence-electron chi connectivity index (χ0n) is 19.2. The number of nitrogens with two attached hydrogens (primary N) is 2. The SMILES string of the molecule is CCC(C)C(N)C(=O)NC(CC(N)=O)C(=O)NC(CS)C(=O)NC(Cc1ccccc1)C(=O)O. The fraction of sp³-hybridized carbons (Fsp3) is 0.500. The van der Waals surface area contributed by atoms with Gasteiger partial charge in [-0.1, -0.05) is 50.6 Å². The second-order valence-corrected chi connectivity index (χ2v) is 8.34. The summed E-state index contributed by atoms with van der Waals surface area (Å²) < 4.78 is 0. The topological polar surface area (TPSA) is 194 Å². The van der Waals surface area contributed by atoms with Gasteiger partial charge in [0.2, 0.25) is 23.6 Å². The van der Waals surface area contributed by atoms with Gasteiger partial charge in [0.05, 0.1) is 12.5 Å². The average molecular weight is 496 g/mol. The van der Waals surface area contributed by atoms with E-state index in [2.05, 4.69) is 28.6 Å². The predicted molar refractivity (Wildman–Crippen MR) is 129 cm³/mol. The van der Waals surface area contributed by atoms with Crippen LogP contribution in [0.15, 0.2) is 30.3 Å². The minimum atomic E-state index is -1.37. The first-order valence-electron chi connectivity index (χ1n) is 10.8. The van der Waals surface area contributed by atoms with Crippen molar-refractivity contribution in [3.8, 4) is 0 Å². The zero-order valence-corrected chi connectivity index (χ0v) is 20.1. The first kappa shape index (κ1) is 28.9. The van der Waals surface area contributed by atoms with Gasteiger partial charge in [0.25, 0.3) is 0 Å². The van der Waals surface area contributed by atoms with E-state index in [0.29, 0.717) is 12.0 Å². The van der Waals surface area contributed by atoms with E-state index in [1.165, 1.54) is 0 Å². The van der Waals surface area contributed by atoms with Crippen molar-refractivity contribution in [3.05, 3.63) is 35.9 Å². The van der Waals surface area contributed by atoms with Gasteiger partial charge in [0, 0.05) is 12.2 Å². The standard InChI is InChI=1S/C22H33N5O6S/c1-3-12(2)18(24)21(31)25-14(10-17(23)28)19(29)27-16(11-34)20(30)26-15(22(32)33)9-13-7-5-4-6-8-13/h4-8,12,14-16,18,34H,3,9-11,24H2,1-2H3,(H2,23,28)(H,25,31)(H,26,30)(H,27,29)(H,32,33). The van der Waals surface area contributed by atoms with Gasteiger partial charge in [-0.2, -0.15) is 12.6 Å². The van der Waals surface area contributed by atoms with Gasteiger partial charge in [-0.25, -0.2) is 4.79 Å². The number of nitrogens with one attached hydrogen (secondary N) is 3. The van der Waals surface area contributed by atoms with Crippen LogP contribution in [-0.4, -0.2) is 64.6 Å². The summed E-state index contributed by atoms with van der Waals surface area (Å²) in [6, 6.07) is 3.96. The Labute approximate surface area is 203 Å². The number of hydrogen-bond donors (Lipinski definition) is 7. The molecule has 188 valence electrons. The summed E-state index contributed by atoms with van der Waals surface area (Å²) >= 11 is 4.06. The molecule has 1 rings (SSSR count). The van der Waals surface area contributed by atoms with Crippen molar-refractivity contribution in [1.82, 2.24) is 16.0 Å². The quantitative estimate of drug-likeness (QED) is 0.160. The van der Waals surface area contributed by atoms with E-state index in [1.54, 1.807) is 37.3 Å². The second kappa shape index (κ2) is 14.2. The molecular formula is C22H33N5O6S. The minimum Gasteiger partial charge on any atom is -0.480 e. The number of primary amides is 1. The van der Waals surface area contributed by atoms with Crippen LogP contribution in [0.3, 0.4) is 0 Å². The van der Waals surface area contributed by atoms with Gasteiger partial charge in [-0.05, 0) is 11.5 Å². The lowest BCUT2D eigenvalue weighted by Crippen LogP contribution is -2.58. The minimum absolute atomic E-state index is 0.0308. The van der Waals surface area contributed by atoms with Crippen molar-refractivity contribution in [2.24, 2.45) is 17.4 Å². The number of carbonyl (C=O) groups excluding carboxylic acids is 4. The van der Waals surface area contributed by atoms with Crippen LogP contribution >= 0.6 is 12.6 Å². The van der Waals surface area contributed by atoms with Crippen molar-refractivity contribution in [2.45, 2.75) is 57.3 Å². The molecule has 5 unspecified atom stereocenters. The van der Waals surface area contributed by atoms with Crippen molar-refractivity contribution >= 4 is 42.2 Å². The molecule has 0 saturated carbocycles. The molecule has 1 aromatic rings. The van der Waals surface area contributed by atoms with Gasteiger partial charge in [-0.3, -0.25) is 19.2 Å². The Balaban J connectivity index is 2.89. The van der Waals surface area contributed by atoms with Crippen LogP contribution in [0.5, 0.6) is 0 Å². The highest BCUT2D eigenvalue weighted by atomic mass is 32.1. The molecular weight excluding hydrogens is 462 g/mol. The Morgan fingerprint density at radius 3 is 1.97 bits per heavy atom. The molecule has 8 N–H and O–H groups in total. The van der Waals surface area contributed by atoms with Crippen molar-refractivity contribution in [2.75, 3.05) is 5.75 Å². The predicted octanol–water partition coefficient (Wildman–Crippen LogP) is -1.05. The van der Waals surface area contributed by atoms with Gasteiger partial charge in [-0.15, -0.1) is 0 Å². The molecule has 0 aliphatic carbocycles. The molecule has 0 aliphatic heterocycles. The molecule has 0 saturated heterocycles. The van der Waals surface area contributed by atoms with Crippen LogP contribution in [0.1, 0.15) is 32.3 Å². The van der Waals surface area contributed by atoms with E-state index in [-0.39, 0.29) is 18.1 Å². The lowest BCUT2D eigenvalue weighted by atomic mass is 9.99. The largest absolute Gasteiger partial charge is 0.480 e. The Morgan fingerprint density at radius 2 is 1.47 bits per heavy atom. The van der Waals surface area contributed by atoms with E-state index < -0.39 is 60.2 Å². The summed E-state index contributed by atoms with van der Waals surface area (Å²) in [6.07, 6.45) is 0.136. The molecule has 0 heterocycles. The lowest BCUT2D eigenvalue weighted by Gasteiger charge is -2.25. The maximum absolute atomic E-state index is 12.8. The van der Waals surface area contributed by atoms with E-state index in [9.17, 15) is 29.1 Å². The smallest absolute Gasteiger partial charge is 0.326 e. The van der Waals surface area contributed by atoms with E-state index >= 15 is 0 Å². The lowest BCUT2D eigenvalue weighted by molar-refractivity contribution is -0.142. The molecule has 34 heavy (non-hydrogen) atoms. The highest BCUT2D eigenvalue weighted by molar-refractivity contribution is 7.80. The Morgan fingerprint density at radius 1 is 0.941 bits per heavy atom. The van der Waals surface area contributed by atoms with E-state index in [4.69, 9.17) is 11.5 Å². The Kier molecular flexibility index (Phi) is 12.1. The molecule has 12 heteroatoms. The van der Waals surface area contributed by atoms with E-state index in [1.807, 2.05) is 6.92 Å². The summed E-state index contributed by atoms with van der Waals surface area (Å²) in [5, 5.41) is 16.7. The van der Waals surface area contributed by atoms with Gasteiger partial charge >= 0.3 is 5.97 Å².